The maximum Gasteiger partial charge on any atom is 0.140 e. The van der Waals surface area contributed by atoms with E-state index >= 15 is 0 Å². The summed E-state index contributed by atoms with van der Waals surface area (Å²) in [4.78, 5) is 15.7. The van der Waals surface area contributed by atoms with Gasteiger partial charge in [0.05, 0.1) is 17.0 Å². The molecule has 0 saturated heterocycles. The van der Waals surface area contributed by atoms with Gasteiger partial charge in [0, 0.05) is 5.56 Å². The minimum atomic E-state index is 0.0732. The molecule has 0 radical (unpaired) electrons. The Kier molecular flexibility index (Phi) is 4.77. The van der Waals surface area contributed by atoms with Gasteiger partial charge in [-0.3, -0.25) is 4.79 Å². The highest BCUT2D eigenvalue weighted by molar-refractivity contribution is 8.00. The molecule has 1 heterocycles. The summed E-state index contributed by atoms with van der Waals surface area (Å²) < 4.78 is 0. The molecule has 0 amide bonds. The third kappa shape index (κ3) is 3.71. The number of Topliss-reactive ketones (excluding diaryl/α,β-unsaturated/α-hetero) is 1. The molecule has 0 aliphatic carbocycles. The number of aryl methyl sites for hydroxylation is 2. The van der Waals surface area contributed by atoms with Crippen LogP contribution >= 0.6 is 11.8 Å². The van der Waals surface area contributed by atoms with Gasteiger partial charge >= 0.3 is 0 Å². The molecule has 1 aromatic heterocycles. The molecule has 0 N–H and O–H groups in total. The van der Waals surface area contributed by atoms with Gasteiger partial charge in [-0.2, -0.15) is 5.26 Å². The van der Waals surface area contributed by atoms with Crippen LogP contribution in [0.2, 0.25) is 0 Å². The standard InChI is InChI=1S/C17H16N2OS/c1-11-4-6-14(7-5-11)16-8-12(2)15(9-18)17(19-16)21-10-13(3)20/h4-8H,10H2,1-3H3. The Labute approximate surface area is 129 Å². The van der Waals surface area contributed by atoms with E-state index in [1.165, 1.54) is 24.2 Å². The number of hydrogen-bond acceptors (Lipinski definition) is 4. The lowest BCUT2D eigenvalue weighted by Gasteiger charge is -2.09. The fraction of sp³-hybridized carbons (Fsp3) is 0.235. The minimum absolute atomic E-state index is 0.0732. The van der Waals surface area contributed by atoms with Crippen LogP contribution in [0.25, 0.3) is 11.3 Å². The van der Waals surface area contributed by atoms with Gasteiger partial charge < -0.3 is 0 Å². The second-order valence-corrected chi connectivity index (χ2v) is 5.94. The molecule has 1 aromatic carbocycles. The lowest BCUT2D eigenvalue weighted by Crippen LogP contribution is -1.99. The molecule has 0 fully saturated rings. The molecule has 106 valence electrons. The van der Waals surface area contributed by atoms with Crippen molar-refractivity contribution in [3.05, 3.63) is 47.0 Å². The van der Waals surface area contributed by atoms with E-state index in [2.05, 4.69) is 11.1 Å². The van der Waals surface area contributed by atoms with Crippen molar-refractivity contribution < 1.29 is 4.79 Å². The van der Waals surface area contributed by atoms with Crippen LogP contribution in [0.5, 0.6) is 0 Å². The Morgan fingerprint density at radius 1 is 1.29 bits per heavy atom. The van der Waals surface area contributed by atoms with Crippen LogP contribution in [0.3, 0.4) is 0 Å². The average molecular weight is 296 g/mol. The largest absolute Gasteiger partial charge is 0.299 e. The molecule has 0 saturated carbocycles. The number of nitrogens with zero attached hydrogens (tertiary/aromatic N) is 2. The van der Waals surface area contributed by atoms with E-state index in [4.69, 9.17) is 0 Å². The van der Waals surface area contributed by atoms with Crippen molar-refractivity contribution in [1.82, 2.24) is 4.98 Å². The van der Waals surface area contributed by atoms with E-state index < -0.39 is 0 Å². The minimum Gasteiger partial charge on any atom is -0.299 e. The summed E-state index contributed by atoms with van der Waals surface area (Å²) in [5, 5.41) is 9.90. The van der Waals surface area contributed by atoms with Crippen LogP contribution in [-0.4, -0.2) is 16.5 Å². The molecular weight excluding hydrogens is 280 g/mol. The lowest BCUT2D eigenvalue weighted by atomic mass is 10.1. The average Bonchev–Trinajstić information content (AvgIpc) is 2.45. The molecule has 0 spiro atoms. The number of thioether (sulfide) groups is 1. The molecule has 3 nitrogen and oxygen atoms in total. The summed E-state index contributed by atoms with van der Waals surface area (Å²) in [5.74, 6) is 0.405. The topological polar surface area (TPSA) is 53.8 Å². The van der Waals surface area contributed by atoms with E-state index in [1.54, 1.807) is 0 Å². The summed E-state index contributed by atoms with van der Waals surface area (Å²) in [6.07, 6.45) is 0. The van der Waals surface area contributed by atoms with E-state index in [0.717, 1.165) is 16.8 Å². The molecule has 0 unspecified atom stereocenters. The van der Waals surface area contributed by atoms with Crippen molar-refractivity contribution >= 4 is 17.5 Å². The summed E-state index contributed by atoms with van der Waals surface area (Å²) in [6.45, 7) is 5.47. The van der Waals surface area contributed by atoms with Gasteiger partial charge in [0.1, 0.15) is 16.9 Å². The van der Waals surface area contributed by atoms with E-state index in [-0.39, 0.29) is 5.78 Å². The number of carbonyl (C=O) groups is 1. The van der Waals surface area contributed by atoms with Crippen molar-refractivity contribution in [1.29, 1.82) is 5.26 Å². The Balaban J connectivity index is 2.46. The van der Waals surface area contributed by atoms with Crippen LogP contribution in [0.4, 0.5) is 0 Å². The molecule has 0 aliphatic rings. The van der Waals surface area contributed by atoms with Crippen LogP contribution in [0, 0.1) is 25.2 Å². The number of hydrogen-bond donors (Lipinski definition) is 0. The van der Waals surface area contributed by atoms with Gasteiger partial charge in [0.15, 0.2) is 0 Å². The molecule has 2 rings (SSSR count). The SMILES string of the molecule is CC(=O)CSc1nc(-c2ccc(C)cc2)cc(C)c1C#N. The van der Waals surface area contributed by atoms with E-state index in [1.807, 2.05) is 44.2 Å². The first kappa shape index (κ1) is 15.3. The molecule has 0 atom stereocenters. The van der Waals surface area contributed by atoms with Crippen molar-refractivity contribution in [3.63, 3.8) is 0 Å². The van der Waals surface area contributed by atoms with Crippen molar-refractivity contribution in [2.75, 3.05) is 5.75 Å². The Morgan fingerprint density at radius 3 is 2.52 bits per heavy atom. The zero-order valence-electron chi connectivity index (χ0n) is 12.3. The first-order chi connectivity index (χ1) is 10.0. The van der Waals surface area contributed by atoms with Gasteiger partial charge in [-0.15, -0.1) is 0 Å². The third-order valence-corrected chi connectivity index (χ3v) is 4.17. The van der Waals surface area contributed by atoms with Crippen LogP contribution < -0.4 is 0 Å². The zero-order valence-corrected chi connectivity index (χ0v) is 13.1. The molecule has 4 heteroatoms. The number of pyridine rings is 1. The highest BCUT2D eigenvalue weighted by Gasteiger charge is 2.12. The van der Waals surface area contributed by atoms with Crippen LogP contribution in [0.15, 0.2) is 35.4 Å². The highest BCUT2D eigenvalue weighted by Crippen LogP contribution is 2.28. The van der Waals surface area contributed by atoms with Crippen molar-refractivity contribution in [2.45, 2.75) is 25.8 Å². The number of carbonyl (C=O) groups excluding carboxylic acids is 1. The fourth-order valence-corrected chi connectivity index (χ4v) is 2.78. The number of ketones is 1. The number of aromatic nitrogens is 1. The number of rotatable bonds is 4. The zero-order chi connectivity index (χ0) is 15.4. The van der Waals surface area contributed by atoms with E-state index in [0.29, 0.717) is 16.3 Å². The highest BCUT2D eigenvalue weighted by atomic mass is 32.2. The molecule has 2 aromatic rings. The maximum absolute atomic E-state index is 11.2. The predicted molar refractivity (Wildman–Crippen MR) is 85.3 cm³/mol. The summed E-state index contributed by atoms with van der Waals surface area (Å²) in [7, 11) is 0. The summed E-state index contributed by atoms with van der Waals surface area (Å²) in [5.41, 5.74) is 4.47. The molecular formula is C17H16N2OS. The van der Waals surface area contributed by atoms with Crippen LogP contribution in [-0.2, 0) is 4.79 Å². The molecule has 0 bridgehead atoms. The first-order valence-corrected chi connectivity index (χ1v) is 7.61. The predicted octanol–water partition coefficient (Wildman–Crippen LogP) is 3.92. The lowest BCUT2D eigenvalue weighted by molar-refractivity contribution is -0.114. The van der Waals surface area contributed by atoms with Crippen LogP contribution in [0.1, 0.15) is 23.6 Å². The first-order valence-electron chi connectivity index (χ1n) is 6.62. The number of nitriles is 1. The Bertz CT molecular complexity index is 715. The smallest absolute Gasteiger partial charge is 0.140 e. The van der Waals surface area contributed by atoms with E-state index in [9.17, 15) is 10.1 Å². The maximum atomic E-state index is 11.2. The monoisotopic (exact) mass is 296 g/mol. The second kappa shape index (κ2) is 6.55. The quantitative estimate of drug-likeness (QED) is 0.802. The van der Waals surface area contributed by atoms with Gasteiger partial charge in [-0.25, -0.2) is 4.98 Å². The van der Waals surface area contributed by atoms with Gasteiger partial charge in [0.25, 0.3) is 0 Å². The molecule has 21 heavy (non-hydrogen) atoms. The third-order valence-electron chi connectivity index (χ3n) is 3.05. The normalized spacial score (nSPS) is 10.2. The fourth-order valence-electron chi connectivity index (χ4n) is 1.93. The number of benzene rings is 1. The van der Waals surface area contributed by atoms with Crippen molar-refractivity contribution in [3.8, 4) is 17.3 Å². The molecule has 0 aliphatic heterocycles. The second-order valence-electron chi connectivity index (χ2n) is 4.97. The van der Waals surface area contributed by atoms with Gasteiger partial charge in [0.2, 0.25) is 0 Å². The summed E-state index contributed by atoms with van der Waals surface area (Å²) in [6, 6.07) is 12.2. The summed E-state index contributed by atoms with van der Waals surface area (Å²) >= 11 is 1.32. The Morgan fingerprint density at radius 2 is 1.95 bits per heavy atom. The van der Waals surface area contributed by atoms with Gasteiger partial charge in [-0.05, 0) is 32.4 Å². The Hall–Kier alpha value is -2.12. The van der Waals surface area contributed by atoms with Crippen molar-refractivity contribution in [2.24, 2.45) is 0 Å². The van der Waals surface area contributed by atoms with Gasteiger partial charge in [-0.1, -0.05) is 41.6 Å².